The molecule has 8 nitrogen and oxygen atoms in total. The number of esters is 1. The number of halogens is 1. The molecule has 0 fully saturated rings. The second kappa shape index (κ2) is 11.1. The Balaban J connectivity index is 1.53. The van der Waals surface area contributed by atoms with Gasteiger partial charge in [0.15, 0.2) is 0 Å². The summed E-state index contributed by atoms with van der Waals surface area (Å²) in [4.78, 5) is 38.1. The third-order valence-corrected chi connectivity index (χ3v) is 5.78. The van der Waals surface area contributed by atoms with Gasteiger partial charge in [0.25, 0.3) is 0 Å². The largest absolute Gasteiger partial charge is 0.507 e. The van der Waals surface area contributed by atoms with Gasteiger partial charge in [0, 0.05) is 23.2 Å². The van der Waals surface area contributed by atoms with E-state index in [4.69, 9.17) is 25.5 Å². The van der Waals surface area contributed by atoms with Crippen LogP contribution in [0.4, 0.5) is 4.79 Å². The first-order valence-corrected chi connectivity index (χ1v) is 11.8. The number of ether oxygens (including phenoxy) is 2. The number of phenolic OH excluding ortho intramolecular Hbond substituents is 1. The molecule has 3 aromatic carbocycles. The van der Waals surface area contributed by atoms with Crippen LogP contribution in [0.1, 0.15) is 31.7 Å². The van der Waals surface area contributed by atoms with Gasteiger partial charge in [0.2, 0.25) is 5.43 Å². The average molecular weight is 510 g/mol. The highest BCUT2D eigenvalue weighted by atomic mass is 35.5. The van der Waals surface area contributed by atoms with Crippen LogP contribution >= 0.6 is 11.6 Å². The van der Waals surface area contributed by atoms with Gasteiger partial charge in [-0.25, -0.2) is 9.59 Å². The summed E-state index contributed by atoms with van der Waals surface area (Å²) in [5.41, 5.74) is 0.619. The van der Waals surface area contributed by atoms with E-state index in [2.05, 4.69) is 5.32 Å². The first-order valence-electron chi connectivity index (χ1n) is 11.4. The van der Waals surface area contributed by atoms with E-state index in [1.165, 1.54) is 18.2 Å². The van der Waals surface area contributed by atoms with Gasteiger partial charge in [-0.1, -0.05) is 61.7 Å². The molecule has 186 valence electrons. The Morgan fingerprint density at radius 3 is 2.61 bits per heavy atom. The average Bonchev–Trinajstić information content (AvgIpc) is 2.85. The smallest absolute Gasteiger partial charge is 0.408 e. The molecule has 0 spiro atoms. The van der Waals surface area contributed by atoms with Crippen LogP contribution in [0, 0.1) is 0 Å². The third kappa shape index (κ3) is 5.78. The Bertz CT molecular complexity index is 1470. The number of amides is 1. The van der Waals surface area contributed by atoms with Crippen molar-refractivity contribution in [2.24, 2.45) is 0 Å². The van der Waals surface area contributed by atoms with Crippen LogP contribution in [0.3, 0.4) is 0 Å². The van der Waals surface area contributed by atoms with E-state index in [1.54, 1.807) is 6.07 Å². The van der Waals surface area contributed by atoms with Gasteiger partial charge < -0.3 is 24.3 Å². The number of fused-ring (bicyclic) bond motifs is 2. The monoisotopic (exact) mass is 509 g/mol. The number of benzene rings is 3. The minimum absolute atomic E-state index is 0.0258. The highest BCUT2D eigenvalue weighted by molar-refractivity contribution is 6.31. The van der Waals surface area contributed by atoms with Crippen LogP contribution in [-0.2, 0) is 16.1 Å². The first kappa shape index (κ1) is 25.1. The maximum atomic E-state index is 12.9. The van der Waals surface area contributed by atoms with E-state index in [9.17, 15) is 19.5 Å². The number of rotatable bonds is 8. The second-order valence-electron chi connectivity index (χ2n) is 8.21. The van der Waals surface area contributed by atoms with E-state index in [1.807, 2.05) is 37.3 Å². The molecule has 0 bridgehead atoms. The summed E-state index contributed by atoms with van der Waals surface area (Å²) in [7, 11) is 0. The lowest BCUT2D eigenvalue weighted by Crippen LogP contribution is -2.43. The Labute approximate surface area is 211 Å². The van der Waals surface area contributed by atoms with Crippen molar-refractivity contribution < 1.29 is 28.6 Å². The lowest BCUT2D eigenvalue weighted by Gasteiger charge is -2.17. The summed E-state index contributed by atoms with van der Waals surface area (Å²) >= 11 is 6.00. The van der Waals surface area contributed by atoms with E-state index < -0.39 is 29.3 Å². The fraction of sp³-hybridized carbons (Fsp3) is 0.222. The molecule has 0 radical (unpaired) electrons. The molecule has 0 saturated heterocycles. The normalized spacial score (nSPS) is 11.8. The fourth-order valence-electron chi connectivity index (χ4n) is 3.72. The zero-order valence-corrected chi connectivity index (χ0v) is 20.2. The molecule has 1 atom stereocenters. The van der Waals surface area contributed by atoms with Crippen LogP contribution in [-0.4, -0.2) is 23.2 Å². The molecule has 1 heterocycles. The standard InChI is InChI=1S/C27H24ClNO7/c1-2-3-9-20(29-27(33)34-15-16-7-5-4-6-8-16)26(32)35-18-13-21(30)24-23(14-18)36-22-12-17(28)10-11-19(22)25(24)31/h4-8,10-14,20,30H,2-3,9,15H2,1H3,(H,29,33)/t20-/m0/s1. The first-order chi connectivity index (χ1) is 17.4. The minimum atomic E-state index is -0.978. The van der Waals surface area contributed by atoms with Crippen molar-refractivity contribution in [2.45, 2.75) is 38.8 Å². The SMILES string of the molecule is CCCC[C@H](NC(=O)OCc1ccccc1)C(=O)Oc1cc(O)c2c(=O)c3ccc(Cl)cc3oc2c1. The van der Waals surface area contributed by atoms with Crippen molar-refractivity contribution in [3.63, 3.8) is 0 Å². The summed E-state index contributed by atoms with van der Waals surface area (Å²) in [5.74, 6) is -1.19. The van der Waals surface area contributed by atoms with Gasteiger partial charge in [-0.3, -0.25) is 4.79 Å². The van der Waals surface area contributed by atoms with E-state index >= 15 is 0 Å². The number of carbonyl (C=O) groups excluding carboxylic acids is 2. The van der Waals surface area contributed by atoms with E-state index in [0.717, 1.165) is 18.1 Å². The number of aromatic hydroxyl groups is 1. The molecule has 4 rings (SSSR count). The maximum Gasteiger partial charge on any atom is 0.408 e. The molecule has 36 heavy (non-hydrogen) atoms. The van der Waals surface area contributed by atoms with Crippen molar-refractivity contribution in [1.82, 2.24) is 5.32 Å². The Kier molecular flexibility index (Phi) is 7.75. The molecule has 1 amide bonds. The molecule has 2 N–H and O–H groups in total. The molecule has 0 aliphatic heterocycles. The topological polar surface area (TPSA) is 115 Å². The molecule has 0 aliphatic carbocycles. The van der Waals surface area contributed by atoms with Gasteiger partial charge in [-0.15, -0.1) is 0 Å². The highest BCUT2D eigenvalue weighted by Gasteiger charge is 2.24. The summed E-state index contributed by atoms with van der Waals surface area (Å²) in [6.07, 6.45) is 1.02. The van der Waals surface area contributed by atoms with Crippen LogP contribution in [0.5, 0.6) is 11.5 Å². The van der Waals surface area contributed by atoms with Gasteiger partial charge in [-0.05, 0) is 24.1 Å². The van der Waals surface area contributed by atoms with Crippen LogP contribution in [0.25, 0.3) is 21.9 Å². The number of phenols is 1. The number of hydrogen-bond donors (Lipinski definition) is 2. The summed E-state index contributed by atoms with van der Waals surface area (Å²) in [5, 5.41) is 13.6. The van der Waals surface area contributed by atoms with Crippen molar-refractivity contribution in [1.29, 1.82) is 0 Å². The lowest BCUT2D eigenvalue weighted by atomic mass is 10.1. The summed E-state index contributed by atoms with van der Waals surface area (Å²) in [6, 6.07) is 15.2. The maximum absolute atomic E-state index is 12.9. The molecule has 0 aliphatic rings. The van der Waals surface area contributed by atoms with Gasteiger partial charge >= 0.3 is 12.1 Å². The molecular weight excluding hydrogens is 486 g/mol. The Morgan fingerprint density at radius 2 is 1.86 bits per heavy atom. The second-order valence-corrected chi connectivity index (χ2v) is 8.65. The predicted octanol–water partition coefficient (Wildman–Crippen LogP) is 5.70. The molecule has 0 saturated carbocycles. The predicted molar refractivity (Wildman–Crippen MR) is 135 cm³/mol. The van der Waals surface area contributed by atoms with Crippen molar-refractivity contribution in [3.8, 4) is 11.5 Å². The van der Waals surface area contributed by atoms with Crippen molar-refractivity contribution in [3.05, 3.63) is 81.5 Å². The molecule has 4 aromatic rings. The zero-order valence-electron chi connectivity index (χ0n) is 19.5. The van der Waals surface area contributed by atoms with Gasteiger partial charge in [-0.2, -0.15) is 0 Å². The van der Waals surface area contributed by atoms with Gasteiger partial charge in [0.1, 0.15) is 40.7 Å². The number of hydrogen-bond acceptors (Lipinski definition) is 7. The molecular formula is C27H24ClNO7. The van der Waals surface area contributed by atoms with E-state index in [0.29, 0.717) is 17.9 Å². The van der Waals surface area contributed by atoms with Crippen LogP contribution in [0.15, 0.2) is 69.9 Å². The number of nitrogens with one attached hydrogen (secondary N) is 1. The fourth-order valence-corrected chi connectivity index (χ4v) is 3.88. The third-order valence-electron chi connectivity index (χ3n) is 5.54. The quantitative estimate of drug-likeness (QED) is 0.178. The Hall–Kier alpha value is -4.04. The van der Waals surface area contributed by atoms with E-state index in [-0.39, 0.29) is 34.3 Å². The molecule has 1 aromatic heterocycles. The number of carbonyl (C=O) groups is 2. The van der Waals surface area contributed by atoms with Crippen LogP contribution in [0.2, 0.25) is 5.02 Å². The lowest BCUT2D eigenvalue weighted by molar-refractivity contribution is -0.136. The van der Waals surface area contributed by atoms with Crippen molar-refractivity contribution >= 4 is 45.6 Å². The summed E-state index contributed by atoms with van der Waals surface area (Å²) in [6.45, 7) is 2.01. The molecule has 0 unspecified atom stereocenters. The highest BCUT2D eigenvalue weighted by Crippen LogP contribution is 2.31. The summed E-state index contributed by atoms with van der Waals surface area (Å²) < 4.78 is 16.4. The zero-order chi connectivity index (χ0) is 25.7. The minimum Gasteiger partial charge on any atom is -0.507 e. The number of alkyl carbamates (subject to hydrolysis) is 1. The Morgan fingerprint density at radius 1 is 1.08 bits per heavy atom. The van der Waals surface area contributed by atoms with Crippen molar-refractivity contribution in [2.75, 3.05) is 0 Å². The number of unbranched alkanes of at least 4 members (excludes halogenated alkanes) is 1. The molecule has 9 heteroatoms. The van der Waals surface area contributed by atoms with Gasteiger partial charge in [0.05, 0.1) is 5.39 Å². The van der Waals surface area contributed by atoms with Crippen LogP contribution < -0.4 is 15.5 Å².